The number of sulfone groups is 1. The van der Waals surface area contributed by atoms with Gasteiger partial charge < -0.3 is 10.6 Å². The molecule has 0 aromatic heterocycles. The number of carbonyl (C=O) groups excluding carboxylic acids is 2. The van der Waals surface area contributed by atoms with Crippen LogP contribution in [0.4, 0.5) is 5.69 Å². The molecule has 0 heterocycles. The minimum absolute atomic E-state index is 0.117. The van der Waals surface area contributed by atoms with Crippen LogP contribution in [0.5, 0.6) is 0 Å². The quantitative estimate of drug-likeness (QED) is 0.805. The van der Waals surface area contributed by atoms with Gasteiger partial charge in [0, 0.05) is 29.7 Å². The molecule has 0 saturated carbocycles. The number of hydrogen-bond acceptors (Lipinski definition) is 4. The lowest BCUT2D eigenvalue weighted by Gasteiger charge is -2.08. The first kappa shape index (κ1) is 19.0. The molecule has 0 aliphatic carbocycles. The molecule has 2 rings (SSSR count). The van der Waals surface area contributed by atoms with Crippen LogP contribution < -0.4 is 10.6 Å². The molecule has 6 nitrogen and oxygen atoms in total. The van der Waals surface area contributed by atoms with Crippen LogP contribution in [0.15, 0.2) is 53.4 Å². The van der Waals surface area contributed by atoms with Crippen LogP contribution in [0.25, 0.3) is 0 Å². The van der Waals surface area contributed by atoms with Crippen LogP contribution >= 0.6 is 11.6 Å². The number of anilines is 1. The number of nitrogens with one attached hydrogen (secondary N) is 2. The lowest BCUT2D eigenvalue weighted by atomic mass is 10.2. The lowest BCUT2D eigenvalue weighted by molar-refractivity contribution is -0.115. The Bertz CT molecular complexity index is 880. The van der Waals surface area contributed by atoms with E-state index in [9.17, 15) is 18.0 Å². The number of benzene rings is 2. The molecule has 0 radical (unpaired) electrons. The maximum Gasteiger partial charge on any atom is 0.251 e. The third kappa shape index (κ3) is 5.30. The van der Waals surface area contributed by atoms with Gasteiger partial charge in [0.1, 0.15) is 0 Å². The number of halogens is 1. The molecule has 0 fully saturated rings. The van der Waals surface area contributed by atoms with Crippen LogP contribution in [-0.4, -0.2) is 33.0 Å². The summed E-state index contributed by atoms with van der Waals surface area (Å²) < 4.78 is 24.4. The van der Waals surface area contributed by atoms with Crippen LogP contribution in [-0.2, 0) is 14.6 Å². The second-order valence-electron chi connectivity index (χ2n) is 5.23. The minimum atomic E-state index is -3.57. The Labute approximate surface area is 151 Å². The zero-order valence-corrected chi connectivity index (χ0v) is 15.0. The standard InChI is InChI=1S/C17H17ClN2O4S/c1-19-17(22)12-3-2-4-14(11-12)20-16(21)9-10-25(23,24)15-7-5-13(18)6-8-15/h2-8,11H,9-10H2,1H3,(H,19,22)(H,20,21). The first-order chi connectivity index (χ1) is 11.8. The first-order valence-corrected chi connectivity index (χ1v) is 9.45. The third-order valence-corrected chi connectivity index (χ3v) is 5.39. The molecule has 25 heavy (non-hydrogen) atoms. The van der Waals surface area contributed by atoms with E-state index in [0.717, 1.165) is 0 Å². The van der Waals surface area contributed by atoms with Gasteiger partial charge in [-0.25, -0.2) is 8.42 Å². The minimum Gasteiger partial charge on any atom is -0.355 e. The van der Waals surface area contributed by atoms with Crippen molar-refractivity contribution in [1.82, 2.24) is 5.32 Å². The van der Waals surface area contributed by atoms with Gasteiger partial charge in [0.15, 0.2) is 9.84 Å². The maximum atomic E-state index is 12.2. The van der Waals surface area contributed by atoms with E-state index in [0.29, 0.717) is 16.3 Å². The van der Waals surface area contributed by atoms with Crippen LogP contribution in [0.2, 0.25) is 5.02 Å². The molecule has 0 bridgehead atoms. The van der Waals surface area contributed by atoms with Crippen molar-refractivity contribution in [2.45, 2.75) is 11.3 Å². The highest BCUT2D eigenvalue weighted by Gasteiger charge is 2.16. The van der Waals surface area contributed by atoms with E-state index in [-0.39, 0.29) is 23.0 Å². The van der Waals surface area contributed by atoms with Crippen LogP contribution in [0.1, 0.15) is 16.8 Å². The van der Waals surface area contributed by atoms with E-state index in [1.165, 1.54) is 37.4 Å². The predicted octanol–water partition coefficient (Wildman–Crippen LogP) is 2.50. The van der Waals surface area contributed by atoms with E-state index in [1.54, 1.807) is 18.2 Å². The highest BCUT2D eigenvalue weighted by atomic mass is 35.5. The Balaban J connectivity index is 1.99. The van der Waals surface area contributed by atoms with Gasteiger partial charge in [-0.1, -0.05) is 17.7 Å². The van der Waals surface area contributed by atoms with E-state index < -0.39 is 15.7 Å². The van der Waals surface area contributed by atoms with E-state index >= 15 is 0 Å². The number of carbonyl (C=O) groups is 2. The van der Waals surface area contributed by atoms with Crippen LogP contribution in [0.3, 0.4) is 0 Å². The van der Waals surface area contributed by atoms with E-state index in [4.69, 9.17) is 11.6 Å². The molecule has 0 saturated heterocycles. The summed E-state index contributed by atoms with van der Waals surface area (Å²) in [5.74, 6) is -1.05. The average Bonchev–Trinajstić information content (AvgIpc) is 2.60. The molecule has 8 heteroatoms. The molecule has 2 aromatic rings. The van der Waals surface area contributed by atoms with Crippen molar-refractivity contribution < 1.29 is 18.0 Å². The second-order valence-corrected chi connectivity index (χ2v) is 7.78. The van der Waals surface area contributed by atoms with Crippen molar-refractivity contribution in [3.63, 3.8) is 0 Å². The van der Waals surface area contributed by atoms with Gasteiger partial charge in [0.25, 0.3) is 5.91 Å². The second kappa shape index (κ2) is 8.13. The van der Waals surface area contributed by atoms with E-state index in [2.05, 4.69) is 10.6 Å². The molecule has 0 atom stereocenters. The summed E-state index contributed by atoms with van der Waals surface area (Å²) in [6.07, 6.45) is -0.199. The van der Waals surface area contributed by atoms with Gasteiger partial charge in [-0.05, 0) is 42.5 Å². The first-order valence-electron chi connectivity index (χ1n) is 7.42. The number of amides is 2. The van der Waals surface area contributed by atoms with Gasteiger partial charge in [0.2, 0.25) is 5.91 Å². The monoisotopic (exact) mass is 380 g/mol. The van der Waals surface area contributed by atoms with Crippen molar-refractivity contribution in [3.05, 3.63) is 59.1 Å². The number of rotatable bonds is 6. The molecule has 0 aliphatic heterocycles. The highest BCUT2D eigenvalue weighted by molar-refractivity contribution is 7.91. The van der Waals surface area contributed by atoms with Gasteiger partial charge >= 0.3 is 0 Å². The van der Waals surface area contributed by atoms with E-state index in [1.807, 2.05) is 0 Å². The van der Waals surface area contributed by atoms with Crippen molar-refractivity contribution in [2.24, 2.45) is 0 Å². The Kier molecular flexibility index (Phi) is 6.17. The SMILES string of the molecule is CNC(=O)c1cccc(NC(=O)CCS(=O)(=O)c2ccc(Cl)cc2)c1. The fourth-order valence-corrected chi connectivity index (χ4v) is 3.46. The van der Waals surface area contributed by atoms with Crippen molar-refractivity contribution in [3.8, 4) is 0 Å². The summed E-state index contributed by atoms with van der Waals surface area (Å²) >= 11 is 5.74. The highest BCUT2D eigenvalue weighted by Crippen LogP contribution is 2.16. The zero-order chi connectivity index (χ0) is 18.4. The predicted molar refractivity (Wildman–Crippen MR) is 96.6 cm³/mol. The summed E-state index contributed by atoms with van der Waals surface area (Å²) in [4.78, 5) is 23.7. The molecule has 0 unspecified atom stereocenters. The maximum absolute atomic E-state index is 12.2. The molecule has 0 spiro atoms. The van der Waals surface area contributed by atoms with Crippen molar-refractivity contribution in [2.75, 3.05) is 18.1 Å². The molecule has 2 aromatic carbocycles. The molecule has 2 N–H and O–H groups in total. The van der Waals surface area contributed by atoms with Gasteiger partial charge in [0.05, 0.1) is 10.6 Å². The summed E-state index contributed by atoms with van der Waals surface area (Å²) in [5, 5.41) is 5.52. The fourth-order valence-electron chi connectivity index (χ4n) is 2.09. The molecule has 0 aliphatic rings. The lowest BCUT2D eigenvalue weighted by Crippen LogP contribution is -2.19. The Hall–Kier alpha value is -2.38. The van der Waals surface area contributed by atoms with Crippen molar-refractivity contribution >= 4 is 38.9 Å². The smallest absolute Gasteiger partial charge is 0.251 e. The normalized spacial score (nSPS) is 11.0. The average molecular weight is 381 g/mol. The fraction of sp³-hybridized carbons (Fsp3) is 0.176. The summed E-state index contributed by atoms with van der Waals surface area (Å²) in [5.41, 5.74) is 0.823. The third-order valence-electron chi connectivity index (χ3n) is 3.41. The summed E-state index contributed by atoms with van der Waals surface area (Å²) in [6, 6.07) is 12.2. The zero-order valence-electron chi connectivity index (χ0n) is 13.5. The number of hydrogen-bond donors (Lipinski definition) is 2. The largest absolute Gasteiger partial charge is 0.355 e. The van der Waals surface area contributed by atoms with Crippen molar-refractivity contribution in [1.29, 1.82) is 0 Å². The molecular formula is C17H17ClN2O4S. The molecule has 132 valence electrons. The summed E-state index contributed by atoms with van der Waals surface area (Å²) in [7, 11) is -2.06. The topological polar surface area (TPSA) is 92.3 Å². The van der Waals surface area contributed by atoms with Gasteiger partial charge in [-0.2, -0.15) is 0 Å². The molecular weight excluding hydrogens is 364 g/mol. The Morgan fingerprint density at radius 2 is 1.76 bits per heavy atom. The Morgan fingerprint density at radius 3 is 2.40 bits per heavy atom. The Morgan fingerprint density at radius 1 is 1.08 bits per heavy atom. The van der Waals surface area contributed by atoms with Gasteiger partial charge in [-0.15, -0.1) is 0 Å². The van der Waals surface area contributed by atoms with Gasteiger partial charge in [-0.3, -0.25) is 9.59 Å². The molecule has 2 amide bonds. The summed E-state index contributed by atoms with van der Waals surface area (Å²) in [6.45, 7) is 0. The van der Waals surface area contributed by atoms with Crippen LogP contribution in [0, 0.1) is 0 Å².